The van der Waals surface area contributed by atoms with Crippen molar-refractivity contribution in [2.75, 3.05) is 6.61 Å². The molecule has 0 amide bonds. The highest BCUT2D eigenvalue weighted by atomic mass is 16.7. The third-order valence-corrected chi connectivity index (χ3v) is 4.13. The number of carboxylic acid groups (broad SMARTS) is 1. The summed E-state index contributed by atoms with van der Waals surface area (Å²) in [5, 5.41) is 47.6. The van der Waals surface area contributed by atoms with Crippen molar-refractivity contribution in [3.63, 3.8) is 0 Å². The van der Waals surface area contributed by atoms with Gasteiger partial charge in [0.25, 0.3) is 0 Å². The molecule has 5 N–H and O–H groups in total. The number of hydrogen-bond acceptors (Lipinski definition) is 7. The van der Waals surface area contributed by atoms with Gasteiger partial charge in [0.15, 0.2) is 6.29 Å². The number of aliphatic carboxylic acids is 1. The Morgan fingerprint density at radius 2 is 1.87 bits per heavy atom. The fourth-order valence-electron chi connectivity index (χ4n) is 2.65. The molecule has 1 heterocycles. The summed E-state index contributed by atoms with van der Waals surface area (Å²) in [4.78, 5) is 10.9. The van der Waals surface area contributed by atoms with E-state index < -0.39 is 49.4 Å². The number of aliphatic hydroxyl groups excluding tert-OH is 4. The van der Waals surface area contributed by atoms with Crippen molar-refractivity contribution in [1.29, 1.82) is 0 Å². The minimum Gasteiger partial charge on any atom is -0.481 e. The minimum atomic E-state index is -1.51. The first-order valence-corrected chi connectivity index (χ1v) is 7.99. The van der Waals surface area contributed by atoms with Gasteiger partial charge in [-0.25, -0.2) is 0 Å². The van der Waals surface area contributed by atoms with Crippen LogP contribution in [-0.2, 0) is 14.3 Å². The Morgan fingerprint density at radius 1 is 1.22 bits per heavy atom. The van der Waals surface area contributed by atoms with Crippen molar-refractivity contribution in [2.45, 2.75) is 76.3 Å². The second kappa shape index (κ2) is 9.51. The van der Waals surface area contributed by atoms with E-state index in [2.05, 4.69) is 0 Å². The molecule has 7 atom stereocenters. The first-order chi connectivity index (χ1) is 10.8. The van der Waals surface area contributed by atoms with E-state index in [0.29, 0.717) is 6.42 Å². The normalized spacial score (nSPS) is 34.1. The first-order valence-electron chi connectivity index (χ1n) is 7.99. The van der Waals surface area contributed by atoms with E-state index in [1.54, 1.807) is 6.92 Å². The molecule has 0 spiro atoms. The summed E-state index contributed by atoms with van der Waals surface area (Å²) in [6.45, 7) is 3.19. The number of ether oxygens (including phenoxy) is 2. The van der Waals surface area contributed by atoms with Crippen molar-refractivity contribution in [3.05, 3.63) is 0 Å². The SMILES string of the molecule is CCCC[C@@H](O[C@@H]1O[C@H](CO)[C@@H](O)[C@H](O)[C@H]1O)[C@@H](C)CC(=O)O. The van der Waals surface area contributed by atoms with Crippen LogP contribution in [0.1, 0.15) is 39.5 Å². The zero-order valence-corrected chi connectivity index (χ0v) is 13.5. The molecule has 0 unspecified atom stereocenters. The van der Waals surface area contributed by atoms with Crippen LogP contribution in [0.5, 0.6) is 0 Å². The van der Waals surface area contributed by atoms with Crippen molar-refractivity contribution in [1.82, 2.24) is 0 Å². The lowest BCUT2D eigenvalue weighted by molar-refractivity contribution is -0.315. The molecule has 1 fully saturated rings. The minimum absolute atomic E-state index is 0.0915. The third-order valence-electron chi connectivity index (χ3n) is 4.13. The standard InChI is InChI=1S/C15H28O8/c1-3-4-5-9(8(2)6-11(17)18)22-15-14(21)13(20)12(19)10(7-16)23-15/h8-10,12-16,19-21H,3-7H2,1-2H3,(H,17,18)/t8-,9+,10+,12+,13-,14+,15+/m0/s1. The van der Waals surface area contributed by atoms with Gasteiger partial charge >= 0.3 is 5.97 Å². The molecule has 0 aliphatic carbocycles. The van der Waals surface area contributed by atoms with Crippen molar-refractivity contribution in [3.8, 4) is 0 Å². The van der Waals surface area contributed by atoms with Crippen molar-refractivity contribution < 1.29 is 39.8 Å². The lowest BCUT2D eigenvalue weighted by Gasteiger charge is -2.41. The molecule has 1 rings (SSSR count). The van der Waals surface area contributed by atoms with Crippen LogP contribution in [-0.4, -0.2) is 74.9 Å². The smallest absolute Gasteiger partial charge is 0.303 e. The number of hydrogen-bond donors (Lipinski definition) is 5. The van der Waals surface area contributed by atoms with Gasteiger partial charge in [-0.2, -0.15) is 0 Å². The average molecular weight is 336 g/mol. The predicted octanol–water partition coefficient (Wildman–Crippen LogP) is -0.528. The molecule has 136 valence electrons. The number of carbonyl (C=O) groups is 1. The van der Waals surface area contributed by atoms with E-state index in [-0.39, 0.29) is 12.3 Å². The lowest BCUT2D eigenvalue weighted by Crippen LogP contribution is -2.59. The van der Waals surface area contributed by atoms with E-state index in [0.717, 1.165) is 12.8 Å². The van der Waals surface area contributed by atoms with Crippen LogP contribution in [0.2, 0.25) is 0 Å². The molecule has 1 saturated heterocycles. The van der Waals surface area contributed by atoms with E-state index in [1.165, 1.54) is 0 Å². The Bertz CT molecular complexity index is 361. The highest BCUT2D eigenvalue weighted by Gasteiger charge is 2.45. The summed E-state index contributed by atoms with van der Waals surface area (Å²) in [6, 6.07) is 0. The van der Waals surface area contributed by atoms with E-state index in [9.17, 15) is 25.2 Å². The predicted molar refractivity (Wildman–Crippen MR) is 79.6 cm³/mol. The molecule has 0 saturated carbocycles. The van der Waals surface area contributed by atoms with E-state index >= 15 is 0 Å². The summed E-state index contributed by atoms with van der Waals surface area (Å²) in [7, 11) is 0. The largest absolute Gasteiger partial charge is 0.481 e. The maximum absolute atomic E-state index is 10.9. The molecule has 1 aliphatic rings. The van der Waals surface area contributed by atoms with Gasteiger partial charge in [-0.3, -0.25) is 4.79 Å². The van der Waals surface area contributed by atoms with E-state index in [1.807, 2.05) is 6.92 Å². The molecular weight excluding hydrogens is 308 g/mol. The average Bonchev–Trinajstić information content (AvgIpc) is 2.50. The Hall–Kier alpha value is -0.770. The maximum atomic E-state index is 10.9. The van der Waals surface area contributed by atoms with Gasteiger partial charge in [0.05, 0.1) is 19.1 Å². The van der Waals surface area contributed by atoms with Crippen LogP contribution in [0.4, 0.5) is 0 Å². The fourth-order valence-corrected chi connectivity index (χ4v) is 2.65. The van der Waals surface area contributed by atoms with Gasteiger partial charge in [-0.15, -0.1) is 0 Å². The van der Waals surface area contributed by atoms with Gasteiger partial charge < -0.3 is 35.0 Å². The highest BCUT2D eigenvalue weighted by Crippen LogP contribution is 2.27. The van der Waals surface area contributed by atoms with Crippen LogP contribution in [0.15, 0.2) is 0 Å². The summed E-state index contributed by atoms with van der Waals surface area (Å²) in [6.07, 6.45) is -4.98. The fraction of sp³-hybridized carbons (Fsp3) is 0.933. The molecule has 0 aromatic carbocycles. The maximum Gasteiger partial charge on any atom is 0.303 e. The zero-order chi connectivity index (χ0) is 17.6. The quantitative estimate of drug-likeness (QED) is 0.379. The first kappa shape index (κ1) is 20.3. The molecule has 0 radical (unpaired) electrons. The third kappa shape index (κ3) is 5.66. The second-order valence-electron chi connectivity index (χ2n) is 6.09. The number of carboxylic acids is 1. The van der Waals surface area contributed by atoms with Crippen molar-refractivity contribution >= 4 is 5.97 Å². The number of rotatable bonds is 9. The highest BCUT2D eigenvalue weighted by molar-refractivity contribution is 5.67. The zero-order valence-electron chi connectivity index (χ0n) is 13.5. The Balaban J connectivity index is 2.77. The Kier molecular flexibility index (Phi) is 8.38. The molecule has 23 heavy (non-hydrogen) atoms. The molecule has 8 nitrogen and oxygen atoms in total. The topological polar surface area (TPSA) is 137 Å². The monoisotopic (exact) mass is 336 g/mol. The van der Waals surface area contributed by atoms with Crippen LogP contribution < -0.4 is 0 Å². The molecule has 1 aliphatic heterocycles. The second-order valence-corrected chi connectivity index (χ2v) is 6.09. The Morgan fingerprint density at radius 3 is 2.39 bits per heavy atom. The summed E-state index contributed by atoms with van der Waals surface area (Å²) in [5.74, 6) is -1.26. The van der Waals surface area contributed by atoms with Gasteiger partial charge in [0.2, 0.25) is 0 Å². The molecule has 8 heteroatoms. The molecular formula is C15H28O8. The van der Waals surface area contributed by atoms with Crippen LogP contribution in [0.25, 0.3) is 0 Å². The Labute approximate surface area is 135 Å². The molecule has 0 aromatic heterocycles. The number of unbranched alkanes of at least 4 members (excludes halogenated alkanes) is 1. The summed E-state index contributed by atoms with van der Waals surface area (Å²) in [5.41, 5.74) is 0. The van der Waals surface area contributed by atoms with Crippen LogP contribution in [0, 0.1) is 5.92 Å². The van der Waals surface area contributed by atoms with Gasteiger partial charge in [0, 0.05) is 0 Å². The van der Waals surface area contributed by atoms with Gasteiger partial charge in [-0.05, 0) is 12.3 Å². The summed E-state index contributed by atoms with van der Waals surface area (Å²) < 4.78 is 11.0. The molecule has 0 aromatic rings. The van der Waals surface area contributed by atoms with Gasteiger partial charge in [-0.1, -0.05) is 26.7 Å². The molecule has 0 bridgehead atoms. The van der Waals surface area contributed by atoms with Crippen LogP contribution in [0.3, 0.4) is 0 Å². The van der Waals surface area contributed by atoms with Crippen molar-refractivity contribution in [2.24, 2.45) is 5.92 Å². The lowest BCUT2D eigenvalue weighted by atomic mass is 9.95. The number of aliphatic hydroxyl groups is 4. The van der Waals surface area contributed by atoms with E-state index in [4.69, 9.17) is 14.6 Å². The van der Waals surface area contributed by atoms with Crippen LogP contribution >= 0.6 is 0 Å². The summed E-state index contributed by atoms with van der Waals surface area (Å²) >= 11 is 0. The van der Waals surface area contributed by atoms with Gasteiger partial charge in [0.1, 0.15) is 24.4 Å².